The molecule has 0 saturated carbocycles. The minimum atomic E-state index is 0. The summed E-state index contributed by atoms with van der Waals surface area (Å²) in [6.07, 6.45) is 9.42. The van der Waals surface area contributed by atoms with Crippen molar-refractivity contribution < 1.29 is 19.5 Å². The van der Waals surface area contributed by atoms with Crippen molar-refractivity contribution in [2.45, 2.75) is 0 Å². The summed E-state index contributed by atoms with van der Waals surface area (Å²) in [6.45, 7) is 0. The Labute approximate surface area is 123 Å². The van der Waals surface area contributed by atoms with E-state index in [1.54, 1.807) is 33.0 Å². The number of rotatable bonds is 0. The molecule has 9 nitrogen and oxygen atoms in total. The van der Waals surface area contributed by atoms with Gasteiger partial charge in [-0.25, -0.2) is 15.0 Å². The fourth-order valence-electron chi connectivity index (χ4n) is 0.802. The van der Waals surface area contributed by atoms with Gasteiger partial charge in [0.25, 0.3) is 0 Å². The molecular weight excluding hydrogens is 335 g/mol. The minimum Gasteiger partial charge on any atom is -0.256 e. The summed E-state index contributed by atoms with van der Waals surface area (Å²) in [4.78, 5) is 11.0. The van der Waals surface area contributed by atoms with E-state index in [4.69, 9.17) is 0 Å². The number of aromatic nitrogens is 9. The van der Waals surface area contributed by atoms with Crippen LogP contribution in [0.1, 0.15) is 0 Å². The summed E-state index contributed by atoms with van der Waals surface area (Å²) in [6, 6.07) is 0. The molecule has 0 N–H and O–H groups in total. The van der Waals surface area contributed by atoms with Crippen molar-refractivity contribution in [2.75, 3.05) is 0 Å². The predicted molar refractivity (Wildman–Crippen MR) is 63.0 cm³/mol. The maximum atomic E-state index is 3.72. The van der Waals surface area contributed by atoms with E-state index in [1.807, 2.05) is 21.1 Å². The van der Waals surface area contributed by atoms with Gasteiger partial charge in [0.1, 0.15) is 38.0 Å². The van der Waals surface area contributed by atoms with Crippen molar-refractivity contribution in [1.29, 1.82) is 0 Å². The van der Waals surface area contributed by atoms with Crippen LogP contribution in [0.2, 0.25) is 0 Å². The summed E-state index contributed by atoms with van der Waals surface area (Å²) in [5.74, 6) is 0. The SMILES string of the molecule is Cn1cncn1.Cn1cncn1.Cn1cncn1.[Ru+3]. The maximum absolute atomic E-state index is 3.72. The van der Waals surface area contributed by atoms with Crippen LogP contribution < -0.4 is 0 Å². The van der Waals surface area contributed by atoms with Gasteiger partial charge in [0.05, 0.1) is 0 Å². The quantitative estimate of drug-likeness (QED) is 0.505. The van der Waals surface area contributed by atoms with E-state index in [2.05, 4.69) is 30.2 Å². The maximum Gasteiger partial charge on any atom is 3.00 e. The number of hydrogen-bond donors (Lipinski definition) is 0. The Bertz CT molecular complexity index is 411. The molecule has 19 heavy (non-hydrogen) atoms. The fraction of sp³-hybridized carbons (Fsp3) is 0.333. The van der Waals surface area contributed by atoms with Crippen LogP contribution in [-0.2, 0) is 40.6 Å². The van der Waals surface area contributed by atoms with Crippen LogP contribution in [0.25, 0.3) is 0 Å². The largest absolute Gasteiger partial charge is 3.00 e. The summed E-state index contributed by atoms with van der Waals surface area (Å²) in [7, 11) is 5.48. The topological polar surface area (TPSA) is 92.1 Å². The number of hydrogen-bond acceptors (Lipinski definition) is 6. The number of nitrogens with zero attached hydrogens (tertiary/aromatic N) is 9. The molecule has 0 aliphatic heterocycles. The first-order valence-electron chi connectivity index (χ1n) is 5.04. The van der Waals surface area contributed by atoms with E-state index in [0.29, 0.717) is 0 Å². The van der Waals surface area contributed by atoms with Gasteiger partial charge in [-0.2, -0.15) is 15.3 Å². The zero-order valence-corrected chi connectivity index (χ0v) is 12.6. The van der Waals surface area contributed by atoms with Gasteiger partial charge >= 0.3 is 19.5 Å². The Morgan fingerprint density at radius 1 is 0.579 bits per heavy atom. The van der Waals surface area contributed by atoms with Gasteiger partial charge in [0, 0.05) is 21.1 Å². The fourth-order valence-corrected chi connectivity index (χ4v) is 0.802. The molecule has 0 aromatic carbocycles. The average Bonchev–Trinajstić information content (AvgIpc) is 3.05. The molecule has 3 aromatic rings. The molecule has 0 spiro atoms. The van der Waals surface area contributed by atoms with Gasteiger partial charge in [-0.05, 0) is 0 Å². The molecule has 0 bridgehead atoms. The Morgan fingerprint density at radius 2 is 0.842 bits per heavy atom. The first-order valence-corrected chi connectivity index (χ1v) is 5.04. The van der Waals surface area contributed by atoms with E-state index >= 15 is 0 Å². The van der Waals surface area contributed by atoms with Crippen LogP contribution >= 0.6 is 0 Å². The van der Waals surface area contributed by atoms with Crippen LogP contribution in [0.5, 0.6) is 0 Å². The standard InChI is InChI=1S/3C3H5N3.Ru/c3*1-6-3-4-2-5-6;/h3*2-3H,1H3;/q;;;+3. The third-order valence-electron chi connectivity index (χ3n) is 1.60. The number of aryl methyl sites for hydroxylation is 3. The summed E-state index contributed by atoms with van der Waals surface area (Å²) in [5.41, 5.74) is 0. The molecule has 101 valence electrons. The van der Waals surface area contributed by atoms with Crippen LogP contribution in [0.15, 0.2) is 38.0 Å². The molecular formula is C9H15N9Ru+3. The van der Waals surface area contributed by atoms with Gasteiger partial charge in [-0.3, -0.25) is 14.0 Å². The van der Waals surface area contributed by atoms with E-state index in [0.717, 1.165) is 0 Å². The van der Waals surface area contributed by atoms with Gasteiger partial charge in [-0.1, -0.05) is 0 Å². The van der Waals surface area contributed by atoms with Crippen molar-refractivity contribution in [3.05, 3.63) is 38.0 Å². The van der Waals surface area contributed by atoms with Gasteiger partial charge in [0.2, 0.25) is 0 Å². The van der Waals surface area contributed by atoms with Crippen LogP contribution in [0.3, 0.4) is 0 Å². The second-order valence-electron chi connectivity index (χ2n) is 3.21. The second-order valence-corrected chi connectivity index (χ2v) is 3.21. The zero-order chi connectivity index (χ0) is 13.2. The molecule has 0 saturated heterocycles. The van der Waals surface area contributed by atoms with Crippen molar-refractivity contribution in [3.63, 3.8) is 0 Å². The van der Waals surface area contributed by atoms with Gasteiger partial charge < -0.3 is 0 Å². The summed E-state index contributed by atoms with van der Waals surface area (Å²) < 4.78 is 4.92. The Kier molecular flexibility index (Phi) is 8.98. The zero-order valence-electron chi connectivity index (χ0n) is 10.8. The molecule has 1 radical (unpaired) electrons. The summed E-state index contributed by atoms with van der Waals surface area (Å²) >= 11 is 0. The first-order chi connectivity index (χ1) is 8.68. The van der Waals surface area contributed by atoms with Gasteiger partial charge in [-0.15, -0.1) is 0 Å². The summed E-state index contributed by atoms with van der Waals surface area (Å²) in [5, 5.41) is 11.2. The molecule has 0 unspecified atom stereocenters. The van der Waals surface area contributed by atoms with E-state index in [-0.39, 0.29) is 19.5 Å². The second kappa shape index (κ2) is 10.0. The van der Waals surface area contributed by atoms with Crippen LogP contribution in [0.4, 0.5) is 0 Å². The molecule has 3 rings (SSSR count). The van der Waals surface area contributed by atoms with Gasteiger partial charge in [0.15, 0.2) is 0 Å². The third-order valence-corrected chi connectivity index (χ3v) is 1.60. The molecule has 3 aromatic heterocycles. The molecule has 0 aliphatic carbocycles. The Balaban J connectivity index is 0.000000249. The predicted octanol–water partition coefficient (Wildman–Crippen LogP) is -0.557. The Morgan fingerprint density at radius 3 is 0.895 bits per heavy atom. The minimum absolute atomic E-state index is 0. The molecule has 0 fully saturated rings. The van der Waals surface area contributed by atoms with Crippen molar-refractivity contribution in [1.82, 2.24) is 44.3 Å². The van der Waals surface area contributed by atoms with Crippen LogP contribution in [-0.4, -0.2) is 44.3 Å². The average molecular weight is 350 g/mol. The Hall–Kier alpha value is -1.96. The molecule has 10 heteroatoms. The third kappa shape index (κ3) is 8.72. The molecule has 3 heterocycles. The van der Waals surface area contributed by atoms with E-state index in [9.17, 15) is 0 Å². The van der Waals surface area contributed by atoms with E-state index < -0.39 is 0 Å². The normalized spacial score (nSPS) is 8.37. The molecule has 0 amide bonds. The first kappa shape index (κ1) is 17.0. The van der Waals surface area contributed by atoms with E-state index in [1.165, 1.54) is 19.0 Å². The monoisotopic (exact) mass is 351 g/mol. The van der Waals surface area contributed by atoms with Crippen molar-refractivity contribution in [3.8, 4) is 0 Å². The van der Waals surface area contributed by atoms with Crippen molar-refractivity contribution in [2.24, 2.45) is 21.1 Å². The molecule has 0 aliphatic rings. The van der Waals surface area contributed by atoms with Crippen molar-refractivity contribution >= 4 is 0 Å². The molecule has 0 atom stereocenters. The van der Waals surface area contributed by atoms with Crippen LogP contribution in [0, 0.1) is 0 Å². The smallest absolute Gasteiger partial charge is 0.256 e.